The van der Waals surface area contributed by atoms with Gasteiger partial charge in [0.2, 0.25) is 0 Å². The Morgan fingerprint density at radius 2 is 1.76 bits per heavy atom. The summed E-state index contributed by atoms with van der Waals surface area (Å²) in [6, 6.07) is 16.8. The minimum atomic E-state index is -1.25. The van der Waals surface area contributed by atoms with Crippen LogP contribution in [0.5, 0.6) is 5.75 Å². The van der Waals surface area contributed by atoms with Crippen LogP contribution in [0.1, 0.15) is 15.9 Å². The molecule has 0 aliphatic carbocycles. The lowest BCUT2D eigenvalue weighted by atomic mass is 10.1. The molecule has 2 aromatic heterocycles. The predicted octanol–water partition coefficient (Wildman–Crippen LogP) is 1.82. The molecule has 0 aliphatic rings. The van der Waals surface area contributed by atoms with Crippen LogP contribution in [0, 0.1) is 0 Å². The molecule has 0 unspecified atom stereocenters. The Hall–Kier alpha value is -4.07. The second kappa shape index (κ2) is 7.16. The first-order chi connectivity index (χ1) is 14.0. The van der Waals surface area contributed by atoms with E-state index in [9.17, 15) is 19.5 Å². The van der Waals surface area contributed by atoms with Gasteiger partial charge in [0, 0.05) is 6.20 Å². The van der Waals surface area contributed by atoms with Crippen molar-refractivity contribution < 1.29 is 19.8 Å². The number of rotatable bonds is 5. The van der Waals surface area contributed by atoms with Crippen molar-refractivity contribution in [1.82, 2.24) is 14.5 Å². The average molecular weight is 391 g/mol. The number of benzene rings is 2. The molecule has 0 aliphatic heterocycles. The molecule has 8 nitrogen and oxygen atoms in total. The second-order valence-electron chi connectivity index (χ2n) is 6.58. The Kier molecular flexibility index (Phi) is 4.52. The van der Waals surface area contributed by atoms with Gasteiger partial charge in [-0.15, -0.1) is 0 Å². The van der Waals surface area contributed by atoms with Gasteiger partial charge >= 0.3 is 5.97 Å². The molecule has 0 saturated carbocycles. The van der Waals surface area contributed by atoms with Crippen LogP contribution in [0.2, 0.25) is 0 Å². The highest BCUT2D eigenvalue weighted by molar-refractivity contribution is 5.99. The SMILES string of the molecule is O=C(O)CNC(=O)c1c(O)c2cccn2n(Cc2ccc3ccccc3c2)c1=O. The number of nitrogens with zero attached hydrogens (tertiary/aromatic N) is 2. The molecule has 3 N–H and O–H groups in total. The first-order valence-corrected chi connectivity index (χ1v) is 8.86. The van der Waals surface area contributed by atoms with Crippen LogP contribution in [0.25, 0.3) is 16.3 Å². The van der Waals surface area contributed by atoms with E-state index in [1.807, 2.05) is 42.5 Å². The van der Waals surface area contributed by atoms with Gasteiger partial charge in [-0.2, -0.15) is 0 Å². The summed E-state index contributed by atoms with van der Waals surface area (Å²) in [4.78, 5) is 36.1. The lowest BCUT2D eigenvalue weighted by Gasteiger charge is -2.14. The van der Waals surface area contributed by atoms with Crippen LogP contribution in [0.4, 0.5) is 0 Å². The van der Waals surface area contributed by atoms with Gasteiger partial charge < -0.3 is 15.5 Å². The van der Waals surface area contributed by atoms with Gasteiger partial charge in [-0.1, -0.05) is 36.4 Å². The number of carboxylic acid groups (broad SMARTS) is 1. The van der Waals surface area contributed by atoms with Crippen molar-refractivity contribution in [1.29, 1.82) is 0 Å². The summed E-state index contributed by atoms with van der Waals surface area (Å²) in [5, 5.41) is 23.4. The van der Waals surface area contributed by atoms with E-state index in [0.29, 0.717) is 0 Å². The van der Waals surface area contributed by atoms with E-state index < -0.39 is 35.3 Å². The van der Waals surface area contributed by atoms with E-state index in [-0.39, 0.29) is 12.1 Å². The summed E-state index contributed by atoms with van der Waals surface area (Å²) in [6.07, 6.45) is 1.61. The fourth-order valence-corrected chi connectivity index (χ4v) is 3.33. The first kappa shape index (κ1) is 18.3. The zero-order chi connectivity index (χ0) is 20.5. The summed E-state index contributed by atoms with van der Waals surface area (Å²) >= 11 is 0. The number of carbonyl (C=O) groups is 2. The summed E-state index contributed by atoms with van der Waals surface area (Å²) in [5.41, 5.74) is -0.102. The standard InChI is InChI=1S/C21H17N3O5/c25-17(26)11-22-20(28)18-19(27)16-6-3-9-23(16)24(21(18)29)12-13-7-8-14-4-1-2-5-15(14)10-13/h1-10,27H,11-12H2,(H,22,28)(H,25,26). The molecule has 0 atom stereocenters. The van der Waals surface area contributed by atoms with Crippen molar-refractivity contribution in [3.63, 3.8) is 0 Å². The number of aromatic hydroxyl groups is 1. The third-order valence-electron chi connectivity index (χ3n) is 4.69. The highest BCUT2D eigenvalue weighted by Gasteiger charge is 2.22. The highest BCUT2D eigenvalue weighted by atomic mass is 16.4. The molecule has 29 heavy (non-hydrogen) atoms. The Bertz CT molecular complexity index is 1320. The van der Waals surface area contributed by atoms with E-state index in [2.05, 4.69) is 5.32 Å². The molecule has 146 valence electrons. The fraction of sp³-hybridized carbons (Fsp3) is 0.0952. The van der Waals surface area contributed by atoms with Gasteiger partial charge in [0.25, 0.3) is 11.5 Å². The van der Waals surface area contributed by atoms with Crippen molar-refractivity contribution in [2.75, 3.05) is 6.54 Å². The molecule has 4 rings (SSSR count). The number of hydrogen-bond acceptors (Lipinski definition) is 4. The van der Waals surface area contributed by atoms with Crippen LogP contribution in [0.3, 0.4) is 0 Å². The van der Waals surface area contributed by atoms with Crippen molar-refractivity contribution >= 4 is 28.2 Å². The van der Waals surface area contributed by atoms with Crippen molar-refractivity contribution in [2.45, 2.75) is 6.54 Å². The minimum Gasteiger partial charge on any atom is -0.505 e. The van der Waals surface area contributed by atoms with E-state index in [0.717, 1.165) is 16.3 Å². The first-order valence-electron chi connectivity index (χ1n) is 8.86. The molecule has 0 spiro atoms. The molecule has 2 heterocycles. The van der Waals surface area contributed by atoms with E-state index >= 15 is 0 Å². The quantitative estimate of drug-likeness (QED) is 0.480. The van der Waals surface area contributed by atoms with Crippen molar-refractivity contribution in [2.24, 2.45) is 0 Å². The predicted molar refractivity (Wildman–Crippen MR) is 106 cm³/mol. The van der Waals surface area contributed by atoms with Gasteiger partial charge in [-0.3, -0.25) is 18.9 Å². The van der Waals surface area contributed by atoms with Gasteiger partial charge in [-0.05, 0) is 34.5 Å². The zero-order valence-electron chi connectivity index (χ0n) is 15.2. The average Bonchev–Trinajstić information content (AvgIpc) is 3.19. The summed E-state index contributed by atoms with van der Waals surface area (Å²) < 4.78 is 2.80. The molecule has 0 bridgehead atoms. The summed E-state index contributed by atoms with van der Waals surface area (Å²) in [7, 11) is 0. The summed E-state index contributed by atoms with van der Waals surface area (Å²) in [5.74, 6) is -2.68. The number of amides is 1. The third-order valence-corrected chi connectivity index (χ3v) is 4.69. The monoisotopic (exact) mass is 391 g/mol. The molecule has 4 aromatic rings. The van der Waals surface area contributed by atoms with Crippen LogP contribution in [-0.4, -0.2) is 37.8 Å². The normalized spacial score (nSPS) is 11.0. The number of aromatic nitrogens is 2. The maximum atomic E-state index is 13.0. The highest BCUT2D eigenvalue weighted by Crippen LogP contribution is 2.22. The zero-order valence-corrected chi connectivity index (χ0v) is 15.2. The molecule has 1 amide bonds. The Balaban J connectivity index is 1.82. The van der Waals surface area contributed by atoms with Crippen molar-refractivity contribution in [3.05, 3.63) is 82.3 Å². The Morgan fingerprint density at radius 1 is 1.00 bits per heavy atom. The lowest BCUT2D eigenvalue weighted by molar-refractivity contribution is -0.135. The number of fused-ring (bicyclic) bond motifs is 2. The molecule has 8 heteroatoms. The number of aliphatic carboxylic acids is 1. The fourth-order valence-electron chi connectivity index (χ4n) is 3.33. The molecule has 0 saturated heterocycles. The molecular formula is C21H17N3O5. The van der Waals surface area contributed by atoms with Gasteiger partial charge in [-0.25, -0.2) is 4.68 Å². The maximum absolute atomic E-state index is 13.0. The number of hydrogen-bond donors (Lipinski definition) is 3. The third kappa shape index (κ3) is 3.31. The minimum absolute atomic E-state index is 0.161. The van der Waals surface area contributed by atoms with E-state index in [4.69, 9.17) is 5.11 Å². The topological polar surface area (TPSA) is 113 Å². The molecular weight excluding hydrogens is 374 g/mol. The van der Waals surface area contributed by atoms with Crippen LogP contribution >= 0.6 is 0 Å². The molecule has 0 radical (unpaired) electrons. The second-order valence-corrected chi connectivity index (χ2v) is 6.58. The van der Waals surface area contributed by atoms with Gasteiger partial charge in [0.15, 0.2) is 5.75 Å². The summed E-state index contributed by atoms with van der Waals surface area (Å²) in [6.45, 7) is -0.497. The smallest absolute Gasteiger partial charge is 0.322 e. The Morgan fingerprint density at radius 3 is 2.52 bits per heavy atom. The van der Waals surface area contributed by atoms with Crippen LogP contribution in [-0.2, 0) is 11.3 Å². The Labute approximate surface area is 164 Å². The van der Waals surface area contributed by atoms with Crippen LogP contribution < -0.4 is 10.9 Å². The maximum Gasteiger partial charge on any atom is 0.322 e. The van der Waals surface area contributed by atoms with E-state index in [1.54, 1.807) is 18.3 Å². The number of carboxylic acids is 1. The largest absolute Gasteiger partial charge is 0.505 e. The van der Waals surface area contributed by atoms with Crippen molar-refractivity contribution in [3.8, 4) is 5.75 Å². The number of carbonyl (C=O) groups excluding carboxylic acids is 1. The molecule has 0 fully saturated rings. The number of nitrogens with one attached hydrogen (secondary N) is 1. The van der Waals surface area contributed by atoms with E-state index in [1.165, 1.54) is 9.20 Å². The lowest BCUT2D eigenvalue weighted by Crippen LogP contribution is -2.37. The molecule has 2 aromatic carbocycles. The van der Waals surface area contributed by atoms with Crippen LogP contribution in [0.15, 0.2) is 65.6 Å². The van der Waals surface area contributed by atoms with Gasteiger partial charge in [0.1, 0.15) is 17.6 Å². The van der Waals surface area contributed by atoms with Gasteiger partial charge in [0.05, 0.1) is 6.54 Å².